The van der Waals surface area contributed by atoms with Gasteiger partial charge in [-0.15, -0.1) is 0 Å². The molecule has 1 N–H and O–H groups in total. The number of hydrogen-bond acceptors (Lipinski definition) is 5. The molecule has 0 fully saturated rings. The van der Waals surface area contributed by atoms with Crippen molar-refractivity contribution >= 4 is 46.7 Å². The molecule has 0 radical (unpaired) electrons. The van der Waals surface area contributed by atoms with Crippen LogP contribution >= 0.6 is 23.2 Å². The molecule has 0 aromatic heterocycles. The highest BCUT2D eigenvalue weighted by molar-refractivity contribution is 6.36. The van der Waals surface area contributed by atoms with Gasteiger partial charge in [0.25, 0.3) is 5.91 Å². The number of nitrogens with one attached hydrogen (secondary N) is 1. The van der Waals surface area contributed by atoms with Gasteiger partial charge in [0.1, 0.15) is 0 Å². The van der Waals surface area contributed by atoms with Gasteiger partial charge in [-0.05, 0) is 32.0 Å². The quantitative estimate of drug-likeness (QED) is 0.623. The van der Waals surface area contributed by atoms with E-state index < -0.39 is 23.9 Å². The number of hydrogen-bond donors (Lipinski definition) is 1. The number of ether oxygens (including phenoxy) is 2. The van der Waals surface area contributed by atoms with E-state index in [-0.39, 0.29) is 11.6 Å². The Morgan fingerprint density at radius 2 is 1.87 bits per heavy atom. The third kappa shape index (κ3) is 6.71. The summed E-state index contributed by atoms with van der Waals surface area (Å²) in [4.78, 5) is 34.5. The highest BCUT2D eigenvalue weighted by atomic mass is 35.5. The van der Waals surface area contributed by atoms with Crippen molar-refractivity contribution in [1.29, 1.82) is 0 Å². The van der Waals surface area contributed by atoms with Gasteiger partial charge in [-0.2, -0.15) is 0 Å². The summed E-state index contributed by atoms with van der Waals surface area (Å²) in [5.41, 5.74) is 0.339. The van der Waals surface area contributed by atoms with Crippen LogP contribution in [0.3, 0.4) is 0 Å². The minimum atomic E-state index is -1.08. The molecular weight excluding hydrogens is 345 g/mol. The van der Waals surface area contributed by atoms with Gasteiger partial charge >= 0.3 is 11.9 Å². The average Bonchev–Trinajstić information content (AvgIpc) is 2.48. The van der Waals surface area contributed by atoms with E-state index in [1.165, 1.54) is 19.1 Å². The summed E-state index contributed by atoms with van der Waals surface area (Å²) >= 11 is 11.7. The molecule has 0 heterocycles. The van der Waals surface area contributed by atoms with E-state index >= 15 is 0 Å². The number of halogens is 2. The summed E-state index contributed by atoms with van der Waals surface area (Å²) in [6, 6.07) is 4.55. The zero-order chi connectivity index (χ0) is 17.4. The van der Waals surface area contributed by atoms with Gasteiger partial charge in [0.2, 0.25) is 0 Å². The number of rotatable bonds is 6. The van der Waals surface area contributed by atoms with Crippen LogP contribution in [0.5, 0.6) is 0 Å². The molecule has 0 spiro atoms. The van der Waals surface area contributed by atoms with Crippen molar-refractivity contribution in [3.63, 3.8) is 0 Å². The topological polar surface area (TPSA) is 81.7 Å². The van der Waals surface area contributed by atoms with E-state index in [0.29, 0.717) is 10.7 Å². The molecule has 0 saturated carbocycles. The van der Waals surface area contributed by atoms with Gasteiger partial charge in [0, 0.05) is 17.2 Å². The molecule has 124 valence electrons. The fourth-order valence-corrected chi connectivity index (χ4v) is 1.87. The summed E-state index contributed by atoms with van der Waals surface area (Å²) in [5.74, 6) is -2.09. The highest BCUT2D eigenvalue weighted by Crippen LogP contribution is 2.25. The summed E-state index contributed by atoms with van der Waals surface area (Å²) in [7, 11) is 0. The Morgan fingerprint density at radius 1 is 1.22 bits per heavy atom. The van der Waals surface area contributed by atoms with E-state index in [2.05, 4.69) is 10.1 Å². The molecule has 8 heteroatoms. The maximum atomic E-state index is 11.9. The molecular formula is C15H15Cl2NO5. The lowest BCUT2D eigenvalue weighted by Crippen LogP contribution is -2.29. The first-order valence-electron chi connectivity index (χ1n) is 6.64. The maximum Gasteiger partial charge on any atom is 0.331 e. The molecule has 0 saturated heterocycles. The standard InChI is InChI=1S/C15H15Cl2NO5/c1-3-22-13(19)6-7-14(20)23-9(2)15(21)18-12-5-4-10(16)8-11(12)17/h4-9H,3H2,1-2H3,(H,18,21)/b7-6+/t9-/m1/s1. The van der Waals surface area contributed by atoms with Crippen LogP contribution < -0.4 is 5.32 Å². The lowest BCUT2D eigenvalue weighted by molar-refractivity contribution is -0.148. The van der Waals surface area contributed by atoms with Crippen molar-refractivity contribution in [3.8, 4) is 0 Å². The van der Waals surface area contributed by atoms with Crippen LogP contribution in [0, 0.1) is 0 Å². The number of carbonyl (C=O) groups is 3. The molecule has 0 aliphatic rings. The van der Waals surface area contributed by atoms with Crippen LogP contribution in [0.15, 0.2) is 30.4 Å². The first-order valence-corrected chi connectivity index (χ1v) is 7.40. The minimum Gasteiger partial charge on any atom is -0.463 e. The molecule has 0 aliphatic heterocycles. The number of esters is 2. The summed E-state index contributed by atoms with van der Waals surface area (Å²) < 4.78 is 9.47. The van der Waals surface area contributed by atoms with E-state index in [1.807, 2.05) is 0 Å². The summed E-state index contributed by atoms with van der Waals surface area (Å²) in [6.07, 6.45) is 0.727. The van der Waals surface area contributed by atoms with Crippen LogP contribution in [0.1, 0.15) is 13.8 Å². The monoisotopic (exact) mass is 359 g/mol. The van der Waals surface area contributed by atoms with Crippen molar-refractivity contribution in [3.05, 3.63) is 40.4 Å². The summed E-state index contributed by atoms with van der Waals surface area (Å²) in [6.45, 7) is 3.21. The average molecular weight is 360 g/mol. The lowest BCUT2D eigenvalue weighted by atomic mass is 10.3. The molecule has 0 aliphatic carbocycles. The molecule has 0 bridgehead atoms. The second kappa shape index (κ2) is 9.17. The normalized spacial score (nSPS) is 11.8. The van der Waals surface area contributed by atoms with Crippen molar-refractivity contribution in [2.75, 3.05) is 11.9 Å². The van der Waals surface area contributed by atoms with Crippen LogP contribution in [0.2, 0.25) is 10.0 Å². The summed E-state index contributed by atoms with van der Waals surface area (Å²) in [5, 5.41) is 3.19. The molecule has 1 rings (SSSR count). The molecule has 1 aromatic rings. The fourth-order valence-electron chi connectivity index (χ4n) is 1.42. The van der Waals surface area contributed by atoms with Crippen molar-refractivity contribution < 1.29 is 23.9 Å². The second-order valence-electron chi connectivity index (χ2n) is 4.28. The second-order valence-corrected chi connectivity index (χ2v) is 5.12. The SMILES string of the molecule is CCOC(=O)/C=C/C(=O)O[C@H](C)C(=O)Nc1ccc(Cl)cc1Cl. The Hall–Kier alpha value is -2.05. The van der Waals surface area contributed by atoms with E-state index in [0.717, 1.165) is 12.2 Å². The predicted octanol–water partition coefficient (Wildman–Crippen LogP) is 2.98. The first-order chi connectivity index (χ1) is 10.8. The van der Waals surface area contributed by atoms with Crippen LogP contribution in [0.4, 0.5) is 5.69 Å². The zero-order valence-electron chi connectivity index (χ0n) is 12.5. The molecule has 0 unspecified atom stereocenters. The Balaban J connectivity index is 2.56. The number of carbonyl (C=O) groups excluding carboxylic acids is 3. The van der Waals surface area contributed by atoms with Gasteiger partial charge in [0.05, 0.1) is 17.3 Å². The molecule has 23 heavy (non-hydrogen) atoms. The molecule has 6 nitrogen and oxygen atoms in total. The van der Waals surface area contributed by atoms with E-state index in [1.54, 1.807) is 13.0 Å². The molecule has 1 amide bonds. The Kier molecular flexibility index (Phi) is 7.57. The minimum absolute atomic E-state index is 0.193. The Morgan fingerprint density at radius 3 is 2.48 bits per heavy atom. The molecule has 1 aromatic carbocycles. The van der Waals surface area contributed by atoms with Gasteiger partial charge < -0.3 is 14.8 Å². The van der Waals surface area contributed by atoms with Crippen molar-refractivity contribution in [1.82, 2.24) is 0 Å². The third-order valence-corrected chi connectivity index (χ3v) is 3.04. The Labute approximate surface area is 143 Å². The van der Waals surface area contributed by atoms with Crippen molar-refractivity contribution in [2.24, 2.45) is 0 Å². The van der Waals surface area contributed by atoms with E-state index in [9.17, 15) is 14.4 Å². The zero-order valence-corrected chi connectivity index (χ0v) is 14.0. The number of amides is 1. The lowest BCUT2D eigenvalue weighted by Gasteiger charge is -2.13. The van der Waals surface area contributed by atoms with Gasteiger partial charge in [-0.1, -0.05) is 23.2 Å². The fraction of sp³-hybridized carbons (Fsp3) is 0.267. The number of anilines is 1. The third-order valence-electron chi connectivity index (χ3n) is 2.49. The smallest absolute Gasteiger partial charge is 0.331 e. The van der Waals surface area contributed by atoms with Gasteiger partial charge in [-0.3, -0.25) is 4.79 Å². The van der Waals surface area contributed by atoms with Crippen LogP contribution in [-0.4, -0.2) is 30.6 Å². The van der Waals surface area contributed by atoms with Gasteiger partial charge in [0.15, 0.2) is 6.10 Å². The maximum absolute atomic E-state index is 11.9. The van der Waals surface area contributed by atoms with Crippen LogP contribution in [0.25, 0.3) is 0 Å². The van der Waals surface area contributed by atoms with Crippen molar-refractivity contribution in [2.45, 2.75) is 20.0 Å². The van der Waals surface area contributed by atoms with Gasteiger partial charge in [-0.25, -0.2) is 9.59 Å². The predicted molar refractivity (Wildman–Crippen MR) is 86.4 cm³/mol. The first kappa shape index (κ1) is 19.0. The van der Waals surface area contributed by atoms with E-state index in [4.69, 9.17) is 27.9 Å². The van der Waals surface area contributed by atoms with Crippen LogP contribution in [-0.2, 0) is 23.9 Å². The highest BCUT2D eigenvalue weighted by Gasteiger charge is 2.18. The largest absolute Gasteiger partial charge is 0.463 e. The number of benzene rings is 1. The molecule has 1 atom stereocenters. The Bertz CT molecular complexity index is 630.